The van der Waals surface area contributed by atoms with E-state index in [2.05, 4.69) is 38.2 Å². The minimum Gasteiger partial charge on any atom is -0.342 e. The lowest BCUT2D eigenvalue weighted by atomic mass is 9.87. The van der Waals surface area contributed by atoms with Gasteiger partial charge in [0.25, 0.3) is 0 Å². The number of hydrogen-bond acceptors (Lipinski definition) is 2. The predicted octanol–water partition coefficient (Wildman–Crippen LogP) is 3.18. The number of hydrogen-bond donors (Lipinski definition) is 1. The highest BCUT2D eigenvalue weighted by Crippen LogP contribution is 2.24. The fraction of sp³-hybridized carbons (Fsp3) is 0.556. The second-order valence-electron chi connectivity index (χ2n) is 7.12. The van der Waals surface area contributed by atoms with E-state index in [9.17, 15) is 9.59 Å². The van der Waals surface area contributed by atoms with Gasteiger partial charge in [-0.05, 0) is 36.0 Å². The van der Waals surface area contributed by atoms with Crippen molar-refractivity contribution in [1.29, 1.82) is 0 Å². The number of carbonyl (C=O) groups excluding carboxylic acids is 2. The molecule has 22 heavy (non-hydrogen) atoms. The molecule has 1 heterocycles. The summed E-state index contributed by atoms with van der Waals surface area (Å²) in [4.78, 5) is 25.6. The van der Waals surface area contributed by atoms with Crippen LogP contribution in [0, 0.1) is 5.92 Å². The van der Waals surface area contributed by atoms with Gasteiger partial charge < -0.3 is 10.2 Å². The third-order valence-electron chi connectivity index (χ3n) is 4.26. The van der Waals surface area contributed by atoms with Crippen LogP contribution in [-0.2, 0) is 15.0 Å². The summed E-state index contributed by atoms with van der Waals surface area (Å²) in [5, 5.41) is 2.97. The van der Waals surface area contributed by atoms with Crippen LogP contribution in [0.3, 0.4) is 0 Å². The predicted molar refractivity (Wildman–Crippen MR) is 88.7 cm³/mol. The molecule has 1 saturated heterocycles. The zero-order valence-electron chi connectivity index (χ0n) is 14.0. The minimum atomic E-state index is -0.111. The Morgan fingerprint density at radius 2 is 1.82 bits per heavy atom. The molecular formula is C18H26N2O2. The molecule has 1 aliphatic heterocycles. The van der Waals surface area contributed by atoms with Gasteiger partial charge in [0, 0.05) is 25.7 Å². The summed E-state index contributed by atoms with van der Waals surface area (Å²) < 4.78 is 0. The highest BCUT2D eigenvalue weighted by molar-refractivity contribution is 5.93. The van der Waals surface area contributed by atoms with E-state index in [1.54, 1.807) is 11.8 Å². The lowest BCUT2D eigenvalue weighted by molar-refractivity contribution is -0.132. The highest BCUT2D eigenvalue weighted by Gasteiger charge is 2.27. The number of amides is 2. The first-order valence-corrected chi connectivity index (χ1v) is 7.94. The van der Waals surface area contributed by atoms with Crippen LogP contribution in [0.2, 0.25) is 0 Å². The lowest BCUT2D eigenvalue weighted by Crippen LogP contribution is -2.42. The van der Waals surface area contributed by atoms with Crippen LogP contribution in [0.4, 0.5) is 5.69 Å². The standard InChI is InChI=1S/C18H26N2O2/c1-13(21)20-11-5-6-14(12-20)17(22)19-16-9-7-15(8-10-16)18(2,3)4/h7-10,14H,5-6,11-12H2,1-4H3,(H,19,22)/t14-/m0/s1. The van der Waals surface area contributed by atoms with Gasteiger partial charge in [-0.3, -0.25) is 9.59 Å². The Balaban J connectivity index is 1.98. The van der Waals surface area contributed by atoms with E-state index in [-0.39, 0.29) is 23.1 Å². The molecule has 1 atom stereocenters. The average Bonchev–Trinajstić information content (AvgIpc) is 2.47. The summed E-state index contributed by atoms with van der Waals surface area (Å²) >= 11 is 0. The van der Waals surface area contributed by atoms with Crippen LogP contribution in [0.15, 0.2) is 24.3 Å². The first-order chi connectivity index (χ1) is 10.3. The SMILES string of the molecule is CC(=O)N1CCC[C@H](C(=O)Nc2ccc(C(C)(C)C)cc2)C1. The lowest BCUT2D eigenvalue weighted by Gasteiger charge is -2.31. The molecule has 0 saturated carbocycles. The first-order valence-electron chi connectivity index (χ1n) is 7.94. The van der Waals surface area contributed by atoms with E-state index in [4.69, 9.17) is 0 Å². The molecule has 0 aromatic heterocycles. The number of likely N-dealkylation sites (tertiary alicyclic amines) is 1. The van der Waals surface area contributed by atoms with Gasteiger partial charge in [0.1, 0.15) is 0 Å². The molecule has 0 spiro atoms. The molecule has 120 valence electrons. The van der Waals surface area contributed by atoms with Crippen molar-refractivity contribution in [2.24, 2.45) is 5.92 Å². The Bertz CT molecular complexity index is 543. The second kappa shape index (κ2) is 6.51. The first kappa shape index (κ1) is 16.5. The number of piperidine rings is 1. The topological polar surface area (TPSA) is 49.4 Å². The van der Waals surface area contributed by atoms with Crippen molar-refractivity contribution in [3.05, 3.63) is 29.8 Å². The minimum absolute atomic E-state index is 0.00876. The summed E-state index contributed by atoms with van der Waals surface area (Å²) in [7, 11) is 0. The Hall–Kier alpha value is -1.84. The van der Waals surface area contributed by atoms with Crippen molar-refractivity contribution in [2.45, 2.75) is 46.0 Å². The van der Waals surface area contributed by atoms with Crippen molar-refractivity contribution in [3.8, 4) is 0 Å². The van der Waals surface area contributed by atoms with E-state index in [0.717, 1.165) is 25.1 Å². The largest absolute Gasteiger partial charge is 0.342 e. The van der Waals surface area contributed by atoms with Gasteiger partial charge in [-0.1, -0.05) is 32.9 Å². The molecule has 1 fully saturated rings. The molecule has 1 aromatic rings. The molecule has 0 bridgehead atoms. The van der Waals surface area contributed by atoms with Gasteiger partial charge in [-0.25, -0.2) is 0 Å². The van der Waals surface area contributed by atoms with Crippen LogP contribution >= 0.6 is 0 Å². The number of nitrogens with one attached hydrogen (secondary N) is 1. The van der Waals surface area contributed by atoms with Crippen LogP contribution in [0.5, 0.6) is 0 Å². The van der Waals surface area contributed by atoms with Gasteiger partial charge in [0.2, 0.25) is 11.8 Å². The third-order valence-corrected chi connectivity index (χ3v) is 4.26. The molecule has 4 nitrogen and oxygen atoms in total. The van der Waals surface area contributed by atoms with Gasteiger partial charge >= 0.3 is 0 Å². The van der Waals surface area contributed by atoms with Crippen molar-refractivity contribution in [2.75, 3.05) is 18.4 Å². The molecule has 1 N–H and O–H groups in total. The maximum Gasteiger partial charge on any atom is 0.229 e. The zero-order valence-corrected chi connectivity index (χ0v) is 14.0. The maximum absolute atomic E-state index is 12.4. The molecular weight excluding hydrogens is 276 g/mol. The van der Waals surface area contributed by atoms with E-state index in [1.165, 1.54) is 5.56 Å². The monoisotopic (exact) mass is 302 g/mol. The number of benzene rings is 1. The number of rotatable bonds is 2. The van der Waals surface area contributed by atoms with Crippen molar-refractivity contribution in [1.82, 2.24) is 4.90 Å². The maximum atomic E-state index is 12.4. The normalized spacial score (nSPS) is 18.9. The Kier molecular flexibility index (Phi) is 4.89. The summed E-state index contributed by atoms with van der Waals surface area (Å²) in [5.41, 5.74) is 2.16. The van der Waals surface area contributed by atoms with Gasteiger partial charge in [-0.15, -0.1) is 0 Å². The molecule has 2 rings (SSSR count). The Morgan fingerprint density at radius 3 is 2.36 bits per heavy atom. The van der Waals surface area contributed by atoms with Gasteiger partial charge in [0.15, 0.2) is 0 Å². The van der Waals surface area contributed by atoms with Crippen molar-refractivity contribution in [3.63, 3.8) is 0 Å². The molecule has 2 amide bonds. The fourth-order valence-corrected chi connectivity index (χ4v) is 2.78. The smallest absolute Gasteiger partial charge is 0.229 e. The second-order valence-corrected chi connectivity index (χ2v) is 7.12. The van der Waals surface area contributed by atoms with Gasteiger partial charge in [-0.2, -0.15) is 0 Å². The van der Waals surface area contributed by atoms with E-state index in [1.807, 2.05) is 12.1 Å². The van der Waals surface area contributed by atoms with E-state index in [0.29, 0.717) is 6.54 Å². The summed E-state index contributed by atoms with van der Waals surface area (Å²) in [6.07, 6.45) is 1.73. The zero-order chi connectivity index (χ0) is 16.3. The average molecular weight is 302 g/mol. The Labute approximate surface area is 132 Å². The van der Waals surface area contributed by atoms with E-state index >= 15 is 0 Å². The summed E-state index contributed by atoms with van der Waals surface area (Å²) in [5.74, 6) is -0.0542. The summed E-state index contributed by atoms with van der Waals surface area (Å²) in [6.45, 7) is 9.35. The highest BCUT2D eigenvalue weighted by atomic mass is 16.2. The molecule has 0 aliphatic carbocycles. The van der Waals surface area contributed by atoms with Crippen LogP contribution < -0.4 is 5.32 Å². The molecule has 1 aliphatic rings. The fourth-order valence-electron chi connectivity index (χ4n) is 2.78. The Morgan fingerprint density at radius 1 is 1.18 bits per heavy atom. The molecule has 4 heteroatoms. The van der Waals surface area contributed by atoms with Crippen LogP contribution in [0.1, 0.15) is 46.1 Å². The van der Waals surface area contributed by atoms with Crippen LogP contribution in [0.25, 0.3) is 0 Å². The number of nitrogens with zero attached hydrogens (tertiary/aromatic N) is 1. The van der Waals surface area contributed by atoms with E-state index < -0.39 is 0 Å². The summed E-state index contributed by atoms with van der Waals surface area (Å²) in [6, 6.07) is 8.00. The molecule has 0 radical (unpaired) electrons. The third kappa shape index (κ3) is 4.09. The van der Waals surface area contributed by atoms with Crippen molar-refractivity contribution >= 4 is 17.5 Å². The number of carbonyl (C=O) groups is 2. The van der Waals surface area contributed by atoms with Gasteiger partial charge in [0.05, 0.1) is 5.92 Å². The van der Waals surface area contributed by atoms with Crippen LogP contribution in [-0.4, -0.2) is 29.8 Å². The quantitative estimate of drug-likeness (QED) is 0.912. The number of anilines is 1. The molecule has 1 aromatic carbocycles. The van der Waals surface area contributed by atoms with Crippen molar-refractivity contribution < 1.29 is 9.59 Å². The molecule has 0 unspecified atom stereocenters.